The van der Waals surface area contributed by atoms with Crippen molar-refractivity contribution in [3.63, 3.8) is 0 Å². The number of amides is 1. The smallest absolute Gasteiger partial charge is 0.241 e. The SMILES string of the molecule is O=C(Nc1ccc2c(c1F)CCNC2)C1(Sc2ccccc2)CCCC1. The van der Waals surface area contributed by atoms with Crippen LogP contribution in [0.5, 0.6) is 0 Å². The molecule has 2 N–H and O–H groups in total. The summed E-state index contributed by atoms with van der Waals surface area (Å²) in [5.41, 5.74) is 2.04. The van der Waals surface area contributed by atoms with E-state index >= 15 is 0 Å². The van der Waals surface area contributed by atoms with Crippen molar-refractivity contribution in [2.24, 2.45) is 0 Å². The molecule has 2 aromatic carbocycles. The van der Waals surface area contributed by atoms with Gasteiger partial charge in [-0.15, -0.1) is 11.8 Å². The molecule has 5 heteroatoms. The largest absolute Gasteiger partial charge is 0.322 e. The first-order chi connectivity index (χ1) is 12.7. The van der Waals surface area contributed by atoms with Crippen molar-refractivity contribution in [3.8, 4) is 0 Å². The van der Waals surface area contributed by atoms with Gasteiger partial charge < -0.3 is 10.6 Å². The first-order valence-corrected chi connectivity index (χ1v) is 10.1. The molecule has 136 valence electrons. The van der Waals surface area contributed by atoms with Gasteiger partial charge in [-0.2, -0.15) is 0 Å². The van der Waals surface area contributed by atoms with Crippen molar-refractivity contribution >= 4 is 23.4 Å². The third kappa shape index (κ3) is 3.38. The number of nitrogens with one attached hydrogen (secondary N) is 2. The Morgan fingerprint density at radius 3 is 2.65 bits per heavy atom. The molecule has 0 aromatic heterocycles. The summed E-state index contributed by atoms with van der Waals surface area (Å²) in [4.78, 5) is 14.2. The summed E-state index contributed by atoms with van der Waals surface area (Å²) in [6.45, 7) is 1.46. The molecule has 3 nitrogen and oxygen atoms in total. The van der Waals surface area contributed by atoms with E-state index in [1.165, 1.54) is 0 Å². The number of carbonyl (C=O) groups excluding carboxylic acids is 1. The maximum absolute atomic E-state index is 14.9. The molecule has 1 saturated carbocycles. The molecule has 2 aromatic rings. The third-order valence-corrected chi connectivity index (χ3v) is 6.83. The molecule has 2 aliphatic rings. The second kappa shape index (κ2) is 7.41. The average molecular weight is 370 g/mol. The van der Waals surface area contributed by atoms with Gasteiger partial charge in [-0.3, -0.25) is 4.79 Å². The first kappa shape index (κ1) is 17.6. The molecule has 1 fully saturated rings. The Morgan fingerprint density at radius 2 is 1.88 bits per heavy atom. The van der Waals surface area contributed by atoms with Crippen LogP contribution in [0.4, 0.5) is 10.1 Å². The quantitative estimate of drug-likeness (QED) is 0.832. The van der Waals surface area contributed by atoms with Gasteiger partial charge in [0.2, 0.25) is 5.91 Å². The Balaban J connectivity index is 1.58. The van der Waals surface area contributed by atoms with Crippen LogP contribution >= 0.6 is 11.8 Å². The van der Waals surface area contributed by atoms with Gasteiger partial charge >= 0.3 is 0 Å². The van der Waals surface area contributed by atoms with Crippen molar-refractivity contribution in [1.29, 1.82) is 0 Å². The highest BCUT2D eigenvalue weighted by Gasteiger charge is 2.42. The molecule has 0 unspecified atom stereocenters. The molecular weight excluding hydrogens is 347 g/mol. The van der Waals surface area contributed by atoms with Crippen molar-refractivity contribution in [3.05, 3.63) is 59.4 Å². The number of anilines is 1. The van der Waals surface area contributed by atoms with Crippen LogP contribution in [-0.4, -0.2) is 17.2 Å². The van der Waals surface area contributed by atoms with E-state index in [-0.39, 0.29) is 11.7 Å². The van der Waals surface area contributed by atoms with Crippen LogP contribution in [0.15, 0.2) is 47.4 Å². The number of thioether (sulfide) groups is 1. The summed E-state index contributed by atoms with van der Waals surface area (Å²) in [5.74, 6) is -0.341. The topological polar surface area (TPSA) is 41.1 Å². The van der Waals surface area contributed by atoms with Crippen molar-refractivity contribution in [1.82, 2.24) is 5.32 Å². The Labute approximate surface area is 157 Å². The minimum atomic E-state index is -0.509. The maximum atomic E-state index is 14.9. The molecule has 1 aliphatic heterocycles. The zero-order chi connectivity index (χ0) is 18.0. The number of fused-ring (bicyclic) bond motifs is 1. The van der Waals surface area contributed by atoms with E-state index in [0.717, 1.165) is 48.3 Å². The Hall–Kier alpha value is -1.85. The maximum Gasteiger partial charge on any atom is 0.241 e. The predicted octanol–water partition coefficient (Wildman–Crippen LogP) is 4.52. The van der Waals surface area contributed by atoms with Crippen molar-refractivity contribution in [2.75, 3.05) is 11.9 Å². The highest BCUT2D eigenvalue weighted by Crippen LogP contribution is 2.46. The summed E-state index contributed by atoms with van der Waals surface area (Å²) < 4.78 is 14.4. The Morgan fingerprint density at radius 1 is 1.12 bits per heavy atom. The molecule has 0 atom stereocenters. The van der Waals surface area contributed by atoms with Gasteiger partial charge in [-0.1, -0.05) is 37.1 Å². The van der Waals surface area contributed by atoms with Gasteiger partial charge in [-0.25, -0.2) is 4.39 Å². The molecule has 0 radical (unpaired) electrons. The van der Waals surface area contributed by atoms with Gasteiger partial charge in [0.05, 0.1) is 10.4 Å². The van der Waals surface area contributed by atoms with Crippen molar-refractivity contribution < 1.29 is 9.18 Å². The standard InChI is InChI=1S/C21H23FN2OS/c22-19-17-10-13-23-14-15(17)8-9-18(19)24-20(25)21(11-4-5-12-21)26-16-6-2-1-3-7-16/h1-3,6-9,23H,4-5,10-14H2,(H,24,25). The molecular formula is C21H23FN2OS. The monoisotopic (exact) mass is 370 g/mol. The molecule has 4 rings (SSSR count). The van der Waals surface area contributed by atoms with Crippen LogP contribution in [0.1, 0.15) is 36.8 Å². The van der Waals surface area contributed by atoms with Crippen molar-refractivity contribution in [2.45, 2.75) is 48.3 Å². The Bertz CT molecular complexity index is 803. The number of carbonyl (C=O) groups is 1. The third-order valence-electron chi connectivity index (χ3n) is 5.34. The number of benzene rings is 2. The lowest BCUT2D eigenvalue weighted by molar-refractivity contribution is -0.118. The summed E-state index contributed by atoms with van der Waals surface area (Å²) in [6, 6.07) is 13.6. The van der Waals surface area contributed by atoms with E-state index in [9.17, 15) is 9.18 Å². The molecule has 1 heterocycles. The normalized spacial score (nSPS) is 18.3. The fourth-order valence-electron chi connectivity index (χ4n) is 3.90. The van der Waals surface area contributed by atoms with Crippen LogP contribution in [0.2, 0.25) is 0 Å². The van der Waals surface area contributed by atoms with E-state index in [4.69, 9.17) is 0 Å². The summed E-state index contributed by atoms with van der Waals surface area (Å²) in [7, 11) is 0. The van der Waals surface area contributed by atoms with Crippen LogP contribution < -0.4 is 10.6 Å². The second-order valence-corrected chi connectivity index (χ2v) is 8.52. The minimum absolute atomic E-state index is 0.0726. The van der Waals surface area contributed by atoms with E-state index in [2.05, 4.69) is 10.6 Å². The second-order valence-electron chi connectivity index (χ2n) is 7.06. The van der Waals surface area contributed by atoms with E-state index in [1.54, 1.807) is 17.8 Å². The zero-order valence-corrected chi connectivity index (χ0v) is 15.5. The molecule has 0 bridgehead atoms. The van der Waals surface area contributed by atoms with Crippen LogP contribution in [0, 0.1) is 5.82 Å². The van der Waals surface area contributed by atoms with Gasteiger partial charge in [0.1, 0.15) is 5.82 Å². The van der Waals surface area contributed by atoms with Crippen LogP contribution in [0.3, 0.4) is 0 Å². The molecule has 26 heavy (non-hydrogen) atoms. The predicted molar refractivity (Wildman–Crippen MR) is 104 cm³/mol. The lowest BCUT2D eigenvalue weighted by Crippen LogP contribution is -2.37. The fourth-order valence-corrected chi connectivity index (χ4v) is 5.28. The van der Waals surface area contributed by atoms with Crippen LogP contribution in [-0.2, 0) is 17.8 Å². The van der Waals surface area contributed by atoms with Gasteiger partial charge in [0.15, 0.2) is 0 Å². The van der Waals surface area contributed by atoms with E-state index < -0.39 is 4.75 Å². The van der Waals surface area contributed by atoms with Crippen LogP contribution in [0.25, 0.3) is 0 Å². The Kier molecular flexibility index (Phi) is 5.00. The van der Waals surface area contributed by atoms with Gasteiger partial charge in [0.25, 0.3) is 0 Å². The minimum Gasteiger partial charge on any atom is -0.322 e. The lowest BCUT2D eigenvalue weighted by Gasteiger charge is -2.28. The number of halogens is 1. The van der Waals surface area contributed by atoms with E-state index in [0.29, 0.717) is 18.7 Å². The highest BCUT2D eigenvalue weighted by molar-refractivity contribution is 8.01. The number of hydrogen-bond donors (Lipinski definition) is 2. The molecule has 1 amide bonds. The molecule has 0 saturated heterocycles. The number of rotatable bonds is 4. The molecule has 1 aliphatic carbocycles. The van der Waals surface area contributed by atoms with E-state index in [1.807, 2.05) is 36.4 Å². The van der Waals surface area contributed by atoms with Gasteiger partial charge in [0, 0.05) is 11.4 Å². The first-order valence-electron chi connectivity index (χ1n) is 9.24. The summed E-state index contributed by atoms with van der Waals surface area (Å²) in [6.07, 6.45) is 4.38. The molecule has 0 spiro atoms. The zero-order valence-electron chi connectivity index (χ0n) is 14.7. The highest BCUT2D eigenvalue weighted by atomic mass is 32.2. The average Bonchev–Trinajstić information content (AvgIpc) is 3.15. The lowest BCUT2D eigenvalue weighted by atomic mass is 9.99. The number of hydrogen-bond acceptors (Lipinski definition) is 3. The van der Waals surface area contributed by atoms with Gasteiger partial charge in [-0.05, 0) is 55.1 Å². The summed E-state index contributed by atoms with van der Waals surface area (Å²) in [5, 5.41) is 6.16. The fraction of sp³-hybridized carbons (Fsp3) is 0.381. The summed E-state index contributed by atoms with van der Waals surface area (Å²) >= 11 is 1.62.